The third-order valence-corrected chi connectivity index (χ3v) is 1.10. The molecule has 0 amide bonds. The molecular formula is C6H8N2O3. The summed E-state index contributed by atoms with van der Waals surface area (Å²) in [6.07, 6.45) is 0.696. The quantitative estimate of drug-likeness (QED) is 0.630. The summed E-state index contributed by atoms with van der Waals surface area (Å²) in [5.41, 5.74) is -0.413. The van der Waals surface area contributed by atoms with Gasteiger partial charge in [-0.25, -0.2) is 4.79 Å². The number of carbonyl (C=O) groups excluding carboxylic acids is 1. The van der Waals surface area contributed by atoms with E-state index in [0.29, 0.717) is 0 Å². The van der Waals surface area contributed by atoms with Crippen LogP contribution < -0.4 is 5.56 Å². The number of carbonyl (C=O) groups is 1. The monoisotopic (exact) mass is 156 g/mol. The molecule has 0 saturated heterocycles. The fourth-order valence-electron chi connectivity index (χ4n) is 0.652. The molecule has 0 aliphatic rings. The molecular weight excluding hydrogens is 148 g/mol. The van der Waals surface area contributed by atoms with Gasteiger partial charge in [-0.3, -0.25) is 9.89 Å². The van der Waals surface area contributed by atoms with E-state index in [9.17, 15) is 9.59 Å². The minimum absolute atomic E-state index is 0.254. The van der Waals surface area contributed by atoms with Gasteiger partial charge in [-0.05, 0) is 6.92 Å². The summed E-state index contributed by atoms with van der Waals surface area (Å²) in [5.74, 6) is 0. The molecule has 60 valence electrons. The third kappa shape index (κ3) is 1.49. The van der Waals surface area contributed by atoms with E-state index in [1.165, 1.54) is 12.3 Å². The molecule has 1 aromatic heterocycles. The van der Waals surface area contributed by atoms with Crippen molar-refractivity contribution in [3.8, 4) is 0 Å². The molecule has 1 heterocycles. The molecule has 0 saturated carbocycles. The third-order valence-electron chi connectivity index (χ3n) is 1.10. The highest BCUT2D eigenvalue weighted by atomic mass is 16.6. The first-order valence-electron chi connectivity index (χ1n) is 3.19. The van der Waals surface area contributed by atoms with E-state index in [4.69, 9.17) is 0 Å². The molecule has 0 aliphatic heterocycles. The number of ether oxygens (including phenoxy) is 1. The smallest absolute Gasteiger partial charge is 0.436 e. The Morgan fingerprint density at radius 3 is 3.00 bits per heavy atom. The van der Waals surface area contributed by atoms with Gasteiger partial charge in [0, 0.05) is 12.3 Å². The van der Waals surface area contributed by atoms with Gasteiger partial charge in [0.15, 0.2) is 0 Å². The van der Waals surface area contributed by atoms with Crippen molar-refractivity contribution in [2.75, 3.05) is 6.61 Å². The van der Waals surface area contributed by atoms with Gasteiger partial charge in [0.25, 0.3) is 5.56 Å². The lowest BCUT2D eigenvalue weighted by Crippen LogP contribution is -2.25. The van der Waals surface area contributed by atoms with E-state index in [-0.39, 0.29) is 6.61 Å². The Bertz CT molecular complexity index is 299. The van der Waals surface area contributed by atoms with Crippen LogP contribution in [0.3, 0.4) is 0 Å². The SMILES string of the molecule is CCOC(=O)n1[nH]ccc1=O. The number of H-pyrrole nitrogens is 1. The molecule has 0 bridgehead atoms. The van der Waals surface area contributed by atoms with Crippen LogP contribution in [0.4, 0.5) is 4.79 Å². The van der Waals surface area contributed by atoms with Crippen molar-refractivity contribution < 1.29 is 9.53 Å². The fourth-order valence-corrected chi connectivity index (χ4v) is 0.652. The summed E-state index contributed by atoms with van der Waals surface area (Å²) in [7, 11) is 0. The second-order valence-electron chi connectivity index (χ2n) is 1.84. The predicted octanol–water partition coefficient (Wildman–Crippen LogP) is 0.181. The zero-order valence-corrected chi connectivity index (χ0v) is 6.03. The number of aromatic nitrogens is 2. The number of aromatic amines is 1. The lowest BCUT2D eigenvalue weighted by Gasteiger charge is -1.98. The van der Waals surface area contributed by atoms with Gasteiger partial charge in [0.1, 0.15) is 0 Å². The summed E-state index contributed by atoms with van der Waals surface area (Å²) < 4.78 is 5.36. The van der Waals surface area contributed by atoms with Crippen LogP contribution >= 0.6 is 0 Å². The average Bonchev–Trinajstić information content (AvgIpc) is 2.36. The highest BCUT2D eigenvalue weighted by molar-refractivity contribution is 5.68. The summed E-state index contributed by atoms with van der Waals surface area (Å²) >= 11 is 0. The van der Waals surface area contributed by atoms with E-state index in [1.54, 1.807) is 6.92 Å². The van der Waals surface area contributed by atoms with Crippen LogP contribution in [0.5, 0.6) is 0 Å². The van der Waals surface area contributed by atoms with E-state index in [2.05, 4.69) is 9.84 Å². The summed E-state index contributed by atoms with van der Waals surface area (Å²) in [4.78, 5) is 21.6. The molecule has 0 fully saturated rings. The average molecular weight is 156 g/mol. The maximum Gasteiger partial charge on any atom is 0.436 e. The van der Waals surface area contributed by atoms with E-state index >= 15 is 0 Å². The van der Waals surface area contributed by atoms with Crippen LogP contribution in [0, 0.1) is 0 Å². The molecule has 1 aromatic rings. The maximum absolute atomic E-state index is 10.8. The van der Waals surface area contributed by atoms with E-state index < -0.39 is 11.7 Å². The normalized spacial score (nSPS) is 9.55. The van der Waals surface area contributed by atoms with E-state index in [0.717, 1.165) is 4.68 Å². The van der Waals surface area contributed by atoms with E-state index in [1.807, 2.05) is 0 Å². The Morgan fingerprint density at radius 2 is 2.55 bits per heavy atom. The molecule has 0 spiro atoms. The Kier molecular flexibility index (Phi) is 2.10. The standard InChI is InChI=1S/C6H8N2O3/c1-2-11-6(10)8-5(9)3-4-7-8/h3-4,7H,2H2,1H3. The lowest BCUT2D eigenvalue weighted by molar-refractivity contribution is 0.149. The Morgan fingerprint density at radius 1 is 1.82 bits per heavy atom. The van der Waals surface area contributed by atoms with Crippen molar-refractivity contribution in [1.29, 1.82) is 0 Å². The summed E-state index contributed by atoms with van der Waals surface area (Å²) in [5, 5.41) is 2.42. The molecule has 0 aromatic carbocycles. The largest absolute Gasteiger partial charge is 0.448 e. The van der Waals surface area contributed by atoms with Gasteiger partial charge < -0.3 is 4.74 Å². The second kappa shape index (κ2) is 3.05. The molecule has 5 nitrogen and oxygen atoms in total. The van der Waals surface area contributed by atoms with Gasteiger partial charge in [-0.15, -0.1) is 0 Å². The van der Waals surface area contributed by atoms with Crippen molar-refractivity contribution in [3.05, 3.63) is 22.6 Å². The number of hydrogen-bond donors (Lipinski definition) is 1. The first-order chi connectivity index (χ1) is 5.25. The molecule has 1 N–H and O–H groups in total. The molecule has 0 radical (unpaired) electrons. The number of rotatable bonds is 1. The Balaban J connectivity index is 2.85. The maximum atomic E-state index is 10.8. The minimum atomic E-state index is -0.678. The molecule has 1 rings (SSSR count). The molecule has 0 unspecified atom stereocenters. The van der Waals surface area contributed by atoms with Crippen molar-refractivity contribution in [1.82, 2.24) is 9.78 Å². The topological polar surface area (TPSA) is 64.1 Å². The second-order valence-corrected chi connectivity index (χ2v) is 1.84. The number of nitrogens with one attached hydrogen (secondary N) is 1. The first-order valence-corrected chi connectivity index (χ1v) is 3.19. The minimum Gasteiger partial charge on any atom is -0.448 e. The Labute approximate surface area is 62.6 Å². The molecule has 0 aliphatic carbocycles. The highest BCUT2D eigenvalue weighted by Crippen LogP contribution is 1.81. The lowest BCUT2D eigenvalue weighted by atomic mass is 10.7. The van der Waals surface area contributed by atoms with Crippen LogP contribution in [-0.2, 0) is 4.74 Å². The molecule has 0 atom stereocenters. The zero-order chi connectivity index (χ0) is 8.27. The summed E-state index contributed by atoms with van der Waals surface area (Å²) in [6, 6.07) is 1.25. The van der Waals surface area contributed by atoms with Gasteiger partial charge in [0.2, 0.25) is 0 Å². The van der Waals surface area contributed by atoms with Crippen LogP contribution in [-0.4, -0.2) is 22.5 Å². The zero-order valence-electron chi connectivity index (χ0n) is 6.03. The van der Waals surface area contributed by atoms with Crippen molar-refractivity contribution in [2.45, 2.75) is 6.92 Å². The Hall–Kier alpha value is -1.52. The van der Waals surface area contributed by atoms with Crippen LogP contribution in [0.25, 0.3) is 0 Å². The molecule has 11 heavy (non-hydrogen) atoms. The van der Waals surface area contributed by atoms with Crippen LogP contribution in [0.15, 0.2) is 17.1 Å². The van der Waals surface area contributed by atoms with Gasteiger partial charge in [-0.1, -0.05) is 0 Å². The number of hydrogen-bond acceptors (Lipinski definition) is 3. The fraction of sp³-hybridized carbons (Fsp3) is 0.333. The molecule has 5 heteroatoms. The van der Waals surface area contributed by atoms with Crippen molar-refractivity contribution in [3.63, 3.8) is 0 Å². The predicted molar refractivity (Wildman–Crippen MR) is 37.5 cm³/mol. The number of nitrogens with zero attached hydrogens (tertiary/aromatic N) is 1. The van der Waals surface area contributed by atoms with Crippen molar-refractivity contribution in [2.24, 2.45) is 0 Å². The van der Waals surface area contributed by atoms with Gasteiger partial charge >= 0.3 is 6.09 Å². The van der Waals surface area contributed by atoms with Crippen molar-refractivity contribution >= 4 is 6.09 Å². The van der Waals surface area contributed by atoms with Crippen LogP contribution in [0.2, 0.25) is 0 Å². The highest BCUT2D eigenvalue weighted by Gasteiger charge is 2.06. The van der Waals surface area contributed by atoms with Gasteiger partial charge in [-0.2, -0.15) is 4.68 Å². The first kappa shape index (κ1) is 7.59. The van der Waals surface area contributed by atoms with Gasteiger partial charge in [0.05, 0.1) is 6.61 Å². The summed E-state index contributed by atoms with van der Waals surface area (Å²) in [6.45, 7) is 1.93. The van der Waals surface area contributed by atoms with Crippen LogP contribution in [0.1, 0.15) is 6.92 Å².